The third-order valence-electron chi connectivity index (χ3n) is 4.06. The molecule has 1 atom stereocenters. The van der Waals surface area contributed by atoms with E-state index in [0.717, 1.165) is 16.9 Å². The van der Waals surface area contributed by atoms with Crippen molar-refractivity contribution in [2.45, 2.75) is 33.1 Å². The summed E-state index contributed by atoms with van der Waals surface area (Å²) in [6.45, 7) is 2.39. The highest BCUT2D eigenvalue weighted by atomic mass is 127. The van der Waals surface area contributed by atoms with Crippen molar-refractivity contribution in [3.8, 4) is 11.5 Å². The lowest BCUT2D eigenvalue weighted by Gasteiger charge is -2.16. The summed E-state index contributed by atoms with van der Waals surface area (Å²) >= 11 is 0. The molecular formula is C21H28F2IN3O3. The van der Waals surface area contributed by atoms with E-state index in [1.807, 2.05) is 32.0 Å². The third-order valence-corrected chi connectivity index (χ3v) is 4.06. The van der Waals surface area contributed by atoms with Crippen molar-refractivity contribution in [2.24, 2.45) is 4.99 Å². The molecule has 0 fully saturated rings. The highest BCUT2D eigenvalue weighted by molar-refractivity contribution is 14.0. The van der Waals surface area contributed by atoms with Crippen LogP contribution in [0, 0.1) is 6.92 Å². The molecule has 0 amide bonds. The van der Waals surface area contributed by atoms with Gasteiger partial charge in [0.2, 0.25) is 0 Å². The molecule has 0 aliphatic heterocycles. The van der Waals surface area contributed by atoms with Crippen LogP contribution in [-0.4, -0.2) is 37.9 Å². The number of nitrogens with one attached hydrogen (secondary N) is 2. The van der Waals surface area contributed by atoms with Gasteiger partial charge in [0.25, 0.3) is 0 Å². The summed E-state index contributed by atoms with van der Waals surface area (Å²) in [7, 11) is 1.63. The van der Waals surface area contributed by atoms with Crippen molar-refractivity contribution in [3.05, 3.63) is 59.2 Å². The first kappa shape index (κ1) is 25.9. The SMILES string of the molecule is CCNC(=NCc1cc(C)cc(OC)c1)NCC(O)c1ccc(OC(F)F)cc1.I. The molecule has 0 aliphatic rings. The summed E-state index contributed by atoms with van der Waals surface area (Å²) in [5, 5.41) is 16.6. The smallest absolute Gasteiger partial charge is 0.387 e. The van der Waals surface area contributed by atoms with Crippen LogP contribution >= 0.6 is 24.0 Å². The van der Waals surface area contributed by atoms with Crippen molar-refractivity contribution in [2.75, 3.05) is 20.2 Å². The van der Waals surface area contributed by atoms with Gasteiger partial charge in [-0.1, -0.05) is 18.2 Å². The minimum absolute atomic E-state index is 0. The van der Waals surface area contributed by atoms with E-state index in [1.54, 1.807) is 19.2 Å². The number of alkyl halides is 2. The van der Waals surface area contributed by atoms with Crippen LogP contribution in [0.3, 0.4) is 0 Å². The molecule has 0 saturated carbocycles. The van der Waals surface area contributed by atoms with E-state index in [0.29, 0.717) is 24.6 Å². The molecule has 0 radical (unpaired) electrons. The minimum atomic E-state index is -2.88. The average Bonchev–Trinajstić information content (AvgIpc) is 2.69. The molecule has 0 aromatic heterocycles. The Morgan fingerprint density at radius 2 is 1.80 bits per heavy atom. The topological polar surface area (TPSA) is 75.1 Å². The molecule has 166 valence electrons. The first-order chi connectivity index (χ1) is 13.9. The molecule has 30 heavy (non-hydrogen) atoms. The van der Waals surface area contributed by atoms with Gasteiger partial charge in [-0.05, 0) is 54.8 Å². The summed E-state index contributed by atoms with van der Waals surface area (Å²) in [4.78, 5) is 4.54. The number of aryl methyl sites for hydroxylation is 1. The van der Waals surface area contributed by atoms with Crippen LogP contribution in [0.15, 0.2) is 47.5 Å². The molecule has 0 saturated heterocycles. The normalized spacial score (nSPS) is 12.2. The van der Waals surface area contributed by atoms with Gasteiger partial charge in [0.15, 0.2) is 5.96 Å². The van der Waals surface area contributed by atoms with E-state index in [2.05, 4.69) is 20.4 Å². The predicted molar refractivity (Wildman–Crippen MR) is 124 cm³/mol. The lowest BCUT2D eigenvalue weighted by molar-refractivity contribution is -0.0498. The minimum Gasteiger partial charge on any atom is -0.497 e. The van der Waals surface area contributed by atoms with E-state index in [9.17, 15) is 13.9 Å². The zero-order chi connectivity index (χ0) is 21.2. The molecule has 2 rings (SSSR count). The Kier molecular flexibility index (Phi) is 11.4. The van der Waals surface area contributed by atoms with Crippen molar-refractivity contribution in [3.63, 3.8) is 0 Å². The molecule has 3 N–H and O–H groups in total. The summed E-state index contributed by atoms with van der Waals surface area (Å²) < 4.78 is 34.0. The standard InChI is InChI=1S/C21H27F2N3O3.HI/c1-4-24-21(25-12-15-9-14(2)10-18(11-15)28-3)26-13-19(27)16-5-7-17(8-6-16)29-20(22)23;/h5-11,19-20,27H,4,12-13H2,1-3H3,(H2,24,25,26);1H. The van der Waals surface area contributed by atoms with Gasteiger partial charge in [-0.25, -0.2) is 4.99 Å². The van der Waals surface area contributed by atoms with E-state index >= 15 is 0 Å². The van der Waals surface area contributed by atoms with Gasteiger partial charge in [0, 0.05) is 13.1 Å². The van der Waals surface area contributed by atoms with Crippen LogP contribution < -0.4 is 20.1 Å². The van der Waals surface area contributed by atoms with Crippen LogP contribution in [0.4, 0.5) is 8.78 Å². The Morgan fingerprint density at radius 1 is 1.10 bits per heavy atom. The third kappa shape index (κ3) is 8.70. The molecular weight excluding hydrogens is 507 g/mol. The van der Waals surface area contributed by atoms with Crippen molar-refractivity contribution < 1.29 is 23.4 Å². The Morgan fingerprint density at radius 3 is 2.40 bits per heavy atom. The van der Waals surface area contributed by atoms with Crippen molar-refractivity contribution in [1.29, 1.82) is 0 Å². The number of ether oxygens (including phenoxy) is 2. The van der Waals surface area contributed by atoms with Gasteiger partial charge in [-0.15, -0.1) is 24.0 Å². The molecule has 0 bridgehead atoms. The Hall–Kier alpha value is -2.14. The van der Waals surface area contributed by atoms with Gasteiger partial charge >= 0.3 is 6.61 Å². The molecule has 9 heteroatoms. The van der Waals surface area contributed by atoms with Crippen LogP contribution in [0.1, 0.15) is 29.7 Å². The molecule has 2 aromatic carbocycles. The van der Waals surface area contributed by atoms with Crippen LogP contribution in [0.2, 0.25) is 0 Å². The summed E-state index contributed by atoms with van der Waals surface area (Å²) in [6.07, 6.45) is -0.835. The zero-order valence-corrected chi connectivity index (χ0v) is 19.5. The van der Waals surface area contributed by atoms with Crippen molar-refractivity contribution >= 4 is 29.9 Å². The number of methoxy groups -OCH3 is 1. The average molecular weight is 535 g/mol. The van der Waals surface area contributed by atoms with E-state index < -0.39 is 12.7 Å². The number of benzene rings is 2. The second kappa shape index (κ2) is 13.2. The molecule has 6 nitrogen and oxygen atoms in total. The zero-order valence-electron chi connectivity index (χ0n) is 17.2. The Balaban J connectivity index is 0.00000450. The highest BCUT2D eigenvalue weighted by Crippen LogP contribution is 2.19. The van der Waals surface area contributed by atoms with Crippen LogP contribution in [-0.2, 0) is 6.54 Å². The maximum atomic E-state index is 12.2. The van der Waals surface area contributed by atoms with Crippen molar-refractivity contribution in [1.82, 2.24) is 10.6 Å². The Labute approximate surface area is 192 Å². The van der Waals surface area contributed by atoms with Crippen LogP contribution in [0.5, 0.6) is 11.5 Å². The van der Waals surface area contributed by atoms with Gasteiger partial charge < -0.3 is 25.2 Å². The fourth-order valence-corrected chi connectivity index (χ4v) is 2.73. The maximum Gasteiger partial charge on any atom is 0.387 e. The summed E-state index contributed by atoms with van der Waals surface area (Å²) in [5.74, 6) is 1.39. The summed E-state index contributed by atoms with van der Waals surface area (Å²) in [5.41, 5.74) is 2.68. The largest absolute Gasteiger partial charge is 0.497 e. The van der Waals surface area contributed by atoms with Gasteiger partial charge in [0.1, 0.15) is 11.5 Å². The lowest BCUT2D eigenvalue weighted by Crippen LogP contribution is -2.39. The van der Waals surface area contributed by atoms with E-state index in [1.165, 1.54) is 12.1 Å². The molecule has 0 aliphatic carbocycles. The van der Waals surface area contributed by atoms with E-state index in [4.69, 9.17) is 4.74 Å². The number of nitrogens with zero attached hydrogens (tertiary/aromatic N) is 1. The first-order valence-corrected chi connectivity index (χ1v) is 9.30. The molecule has 0 spiro atoms. The lowest BCUT2D eigenvalue weighted by atomic mass is 10.1. The van der Waals surface area contributed by atoms with Gasteiger partial charge in [-0.3, -0.25) is 0 Å². The Bertz CT molecular complexity index is 805. The van der Waals surface area contributed by atoms with Gasteiger partial charge in [0.05, 0.1) is 19.8 Å². The molecule has 0 heterocycles. The maximum absolute atomic E-state index is 12.2. The second-order valence-corrected chi connectivity index (χ2v) is 6.40. The number of hydrogen-bond acceptors (Lipinski definition) is 4. The quantitative estimate of drug-likeness (QED) is 0.257. The number of aliphatic imine (C=N–C) groups is 1. The molecule has 1 unspecified atom stereocenters. The monoisotopic (exact) mass is 535 g/mol. The van der Waals surface area contributed by atoms with Crippen LogP contribution in [0.25, 0.3) is 0 Å². The fourth-order valence-electron chi connectivity index (χ4n) is 2.73. The first-order valence-electron chi connectivity index (χ1n) is 9.30. The summed E-state index contributed by atoms with van der Waals surface area (Å²) in [6, 6.07) is 11.8. The van der Waals surface area contributed by atoms with E-state index in [-0.39, 0.29) is 36.3 Å². The number of aliphatic hydroxyl groups is 1. The number of guanidine groups is 1. The molecule has 2 aromatic rings. The van der Waals surface area contributed by atoms with Gasteiger partial charge in [-0.2, -0.15) is 8.78 Å². The number of halogens is 3. The predicted octanol–water partition coefficient (Wildman–Crippen LogP) is 4.01. The fraction of sp³-hybridized carbons (Fsp3) is 0.381. The number of hydrogen-bond donors (Lipinski definition) is 3. The second-order valence-electron chi connectivity index (χ2n) is 6.40. The number of aliphatic hydroxyl groups excluding tert-OH is 1. The number of rotatable bonds is 9. The highest BCUT2D eigenvalue weighted by Gasteiger charge is 2.10.